The Morgan fingerprint density at radius 3 is 2.53 bits per heavy atom. The molecule has 2 aromatic rings. The van der Waals surface area contributed by atoms with E-state index in [1.54, 1.807) is 13.3 Å². The first-order chi connectivity index (χ1) is 18.5. The number of fused-ring (bicyclic) bond motifs is 2. The van der Waals surface area contributed by atoms with Crippen molar-refractivity contribution in [3.63, 3.8) is 0 Å². The molecule has 9 nitrogen and oxygen atoms in total. The monoisotopic (exact) mass is 521 g/mol. The molecule has 3 fully saturated rings. The van der Waals surface area contributed by atoms with Crippen LogP contribution < -0.4 is 20.3 Å². The van der Waals surface area contributed by atoms with Gasteiger partial charge < -0.3 is 25.0 Å². The number of nitrogens with one attached hydrogen (secondary N) is 2. The lowest BCUT2D eigenvalue weighted by molar-refractivity contribution is 0.0374. The molecule has 4 heterocycles. The van der Waals surface area contributed by atoms with E-state index in [-0.39, 0.29) is 17.9 Å². The van der Waals surface area contributed by atoms with Gasteiger partial charge in [-0.15, -0.1) is 0 Å². The number of carbonyl (C=O) groups excluding carboxylic acids is 2. The summed E-state index contributed by atoms with van der Waals surface area (Å²) in [5.41, 5.74) is 2.11. The predicted octanol–water partition coefficient (Wildman–Crippen LogP) is 2.78. The average molecular weight is 522 g/mol. The molecule has 2 amide bonds. The number of nitrogens with zero attached hydrogens (tertiary/aromatic N) is 3. The maximum Gasteiger partial charge on any atom is 0.252 e. The number of methoxy groups -OCH3 is 1. The molecule has 2 bridgehead atoms. The van der Waals surface area contributed by atoms with Crippen molar-refractivity contribution in [3.05, 3.63) is 53.2 Å². The van der Waals surface area contributed by atoms with Crippen molar-refractivity contribution < 1.29 is 19.1 Å². The molecule has 9 heteroatoms. The maximum atomic E-state index is 13.0. The van der Waals surface area contributed by atoms with E-state index in [4.69, 9.17) is 9.47 Å². The molecule has 3 aliphatic rings. The van der Waals surface area contributed by atoms with Gasteiger partial charge in [0.25, 0.3) is 11.8 Å². The smallest absolute Gasteiger partial charge is 0.252 e. The summed E-state index contributed by atoms with van der Waals surface area (Å²) in [7, 11) is 1.62. The molecule has 3 aliphatic heterocycles. The van der Waals surface area contributed by atoms with Crippen molar-refractivity contribution in [1.82, 2.24) is 20.5 Å². The molecule has 5 rings (SSSR count). The van der Waals surface area contributed by atoms with Gasteiger partial charge in [0.15, 0.2) is 0 Å². The van der Waals surface area contributed by atoms with Crippen LogP contribution in [0.2, 0.25) is 0 Å². The van der Waals surface area contributed by atoms with E-state index < -0.39 is 0 Å². The number of benzene rings is 1. The van der Waals surface area contributed by atoms with Crippen LogP contribution in [0.25, 0.3) is 0 Å². The number of rotatable bonds is 9. The van der Waals surface area contributed by atoms with E-state index in [2.05, 4.69) is 25.4 Å². The molecule has 1 aromatic carbocycles. The fourth-order valence-electron chi connectivity index (χ4n) is 6.12. The van der Waals surface area contributed by atoms with Crippen LogP contribution in [0.5, 0.6) is 5.75 Å². The Morgan fingerprint density at radius 2 is 1.84 bits per heavy atom. The van der Waals surface area contributed by atoms with Crippen molar-refractivity contribution in [2.75, 3.05) is 51.4 Å². The highest BCUT2D eigenvalue weighted by atomic mass is 16.5. The summed E-state index contributed by atoms with van der Waals surface area (Å²) in [5.74, 6) is 1.51. The first-order valence-corrected chi connectivity index (χ1v) is 13.8. The number of anilines is 1. The molecule has 3 atom stereocenters. The summed E-state index contributed by atoms with van der Waals surface area (Å²) in [5, 5.41) is 6.28. The Balaban J connectivity index is 1.12. The molecule has 0 radical (unpaired) electrons. The van der Waals surface area contributed by atoms with Gasteiger partial charge in [0.1, 0.15) is 11.6 Å². The maximum absolute atomic E-state index is 13.0. The van der Waals surface area contributed by atoms with Crippen LogP contribution in [0.3, 0.4) is 0 Å². The minimum atomic E-state index is -0.0803. The molecule has 2 N–H and O–H groups in total. The van der Waals surface area contributed by atoms with Gasteiger partial charge in [-0.3, -0.25) is 14.5 Å². The number of carbonyl (C=O) groups is 2. The lowest BCUT2D eigenvalue weighted by Crippen LogP contribution is -2.50. The molecule has 0 aliphatic carbocycles. The second-order valence-electron chi connectivity index (χ2n) is 10.5. The summed E-state index contributed by atoms with van der Waals surface area (Å²) in [6, 6.07) is 10.2. The third kappa shape index (κ3) is 5.94. The largest absolute Gasteiger partial charge is 0.496 e. The highest BCUT2D eigenvalue weighted by molar-refractivity contribution is 5.96. The van der Waals surface area contributed by atoms with Gasteiger partial charge in [-0.05, 0) is 69.8 Å². The number of hydrogen-bond acceptors (Lipinski definition) is 7. The molecule has 3 saturated heterocycles. The van der Waals surface area contributed by atoms with E-state index in [0.29, 0.717) is 29.8 Å². The minimum Gasteiger partial charge on any atom is -0.496 e. The number of aromatic nitrogens is 1. The van der Waals surface area contributed by atoms with Crippen LogP contribution >= 0.6 is 0 Å². The normalized spacial score (nSPS) is 23.2. The van der Waals surface area contributed by atoms with Crippen LogP contribution in [0, 0.1) is 6.92 Å². The van der Waals surface area contributed by atoms with Gasteiger partial charge in [0.05, 0.1) is 25.9 Å². The third-order valence-corrected chi connectivity index (χ3v) is 8.13. The van der Waals surface area contributed by atoms with Crippen molar-refractivity contribution in [3.8, 4) is 5.75 Å². The van der Waals surface area contributed by atoms with Crippen LogP contribution in [0.1, 0.15) is 58.4 Å². The number of piperidine rings is 1. The Bertz CT molecular complexity index is 1100. The van der Waals surface area contributed by atoms with E-state index in [1.165, 1.54) is 0 Å². The number of hydrogen-bond donors (Lipinski definition) is 2. The number of ether oxygens (including phenoxy) is 2. The van der Waals surface area contributed by atoms with Gasteiger partial charge in [-0.2, -0.15) is 0 Å². The number of amides is 2. The molecule has 1 unspecified atom stereocenters. The lowest BCUT2D eigenvalue weighted by Gasteiger charge is -2.40. The lowest BCUT2D eigenvalue weighted by atomic mass is 9.96. The summed E-state index contributed by atoms with van der Waals surface area (Å²) in [6.45, 7) is 7.06. The standard InChI is InChI=1S/C29H39N5O4/c1-20-25(5-3-6-26(20)37-2)29(36)32-22-17-23-8-9-24(18-22)34(23)27-10-7-21(19-31-27)28(35)30-11-4-12-33-13-15-38-16-14-33/h3,5-7,10,19,22-24H,4,8-9,11-18H2,1-2H3,(H,30,35)(H,32,36)/t22?,23-,24+. The molecule has 0 spiro atoms. The topological polar surface area (TPSA) is 96.0 Å². The van der Waals surface area contributed by atoms with Crippen molar-refractivity contribution in [2.24, 2.45) is 0 Å². The minimum absolute atomic E-state index is 0.0438. The second-order valence-corrected chi connectivity index (χ2v) is 10.5. The highest BCUT2D eigenvalue weighted by Gasteiger charge is 2.42. The highest BCUT2D eigenvalue weighted by Crippen LogP contribution is 2.38. The van der Waals surface area contributed by atoms with Crippen LogP contribution in [-0.2, 0) is 4.74 Å². The molecule has 0 saturated carbocycles. The zero-order valence-electron chi connectivity index (χ0n) is 22.4. The van der Waals surface area contributed by atoms with Gasteiger partial charge in [0, 0.05) is 55.1 Å². The Labute approximate surface area is 224 Å². The van der Waals surface area contributed by atoms with Crippen LogP contribution in [-0.4, -0.2) is 86.3 Å². The summed E-state index contributed by atoms with van der Waals surface area (Å²) < 4.78 is 10.8. The van der Waals surface area contributed by atoms with E-state index >= 15 is 0 Å². The third-order valence-electron chi connectivity index (χ3n) is 8.13. The first-order valence-electron chi connectivity index (χ1n) is 13.8. The molecular weight excluding hydrogens is 482 g/mol. The van der Waals surface area contributed by atoms with Crippen molar-refractivity contribution in [1.29, 1.82) is 0 Å². The number of morpholine rings is 1. The molecule has 38 heavy (non-hydrogen) atoms. The molecule has 204 valence electrons. The van der Waals surface area contributed by atoms with Crippen LogP contribution in [0.15, 0.2) is 36.5 Å². The average Bonchev–Trinajstić information content (AvgIpc) is 3.21. The van der Waals surface area contributed by atoms with Crippen molar-refractivity contribution >= 4 is 17.6 Å². The summed E-state index contributed by atoms with van der Waals surface area (Å²) in [6.07, 6.45) is 6.55. The second kappa shape index (κ2) is 12.1. The zero-order valence-corrected chi connectivity index (χ0v) is 22.4. The fraction of sp³-hybridized carbons (Fsp3) is 0.552. The van der Waals surface area contributed by atoms with Gasteiger partial charge in [-0.1, -0.05) is 6.07 Å². The molecular formula is C29H39N5O4. The summed E-state index contributed by atoms with van der Waals surface area (Å²) in [4.78, 5) is 35.1. The van der Waals surface area contributed by atoms with Crippen molar-refractivity contribution in [2.45, 2.75) is 57.2 Å². The van der Waals surface area contributed by atoms with Gasteiger partial charge in [-0.25, -0.2) is 4.98 Å². The first kappa shape index (κ1) is 26.4. The predicted molar refractivity (Wildman–Crippen MR) is 146 cm³/mol. The number of pyridine rings is 1. The molecule has 1 aromatic heterocycles. The fourth-order valence-corrected chi connectivity index (χ4v) is 6.12. The van der Waals surface area contributed by atoms with E-state index in [9.17, 15) is 9.59 Å². The quantitative estimate of drug-likeness (QED) is 0.490. The Kier molecular flexibility index (Phi) is 8.44. The van der Waals surface area contributed by atoms with Crippen LogP contribution in [0.4, 0.5) is 5.82 Å². The van der Waals surface area contributed by atoms with Gasteiger partial charge >= 0.3 is 0 Å². The zero-order chi connectivity index (χ0) is 26.5. The summed E-state index contributed by atoms with van der Waals surface area (Å²) >= 11 is 0. The Hall–Kier alpha value is -3.17. The Morgan fingerprint density at radius 1 is 1.08 bits per heavy atom. The van der Waals surface area contributed by atoms with E-state index in [0.717, 1.165) is 82.1 Å². The van der Waals surface area contributed by atoms with E-state index in [1.807, 2.05) is 37.3 Å². The SMILES string of the molecule is COc1cccc(C(=O)NC2C[C@H]3CC[C@@H](C2)N3c2ccc(C(=O)NCCCN3CCOCC3)cn2)c1C. The van der Waals surface area contributed by atoms with Gasteiger partial charge in [0.2, 0.25) is 0 Å².